The lowest BCUT2D eigenvalue weighted by Gasteiger charge is -2.23. The lowest BCUT2D eigenvalue weighted by Crippen LogP contribution is -2.11. The number of rotatable bonds is 3. The molecule has 1 aliphatic rings. The molecule has 0 bridgehead atoms. The van der Waals surface area contributed by atoms with Crippen LogP contribution in [0.5, 0.6) is 0 Å². The Balaban J connectivity index is 2.19. The van der Waals surface area contributed by atoms with Gasteiger partial charge < -0.3 is 5.73 Å². The Morgan fingerprint density at radius 2 is 2.13 bits per heavy atom. The molecule has 0 aromatic carbocycles. The van der Waals surface area contributed by atoms with Gasteiger partial charge in [0.1, 0.15) is 0 Å². The molecule has 2 rings (SSSR count). The van der Waals surface area contributed by atoms with E-state index in [1.165, 1.54) is 42.5 Å². The average Bonchev–Trinajstić information content (AvgIpc) is 2.78. The van der Waals surface area contributed by atoms with Crippen molar-refractivity contribution in [1.82, 2.24) is 0 Å². The van der Waals surface area contributed by atoms with Crippen molar-refractivity contribution in [2.75, 3.05) is 0 Å². The summed E-state index contributed by atoms with van der Waals surface area (Å²) in [5.74, 6) is 0.756. The van der Waals surface area contributed by atoms with Crippen LogP contribution >= 0.6 is 11.3 Å². The minimum absolute atomic E-state index is 0.0296. The van der Waals surface area contributed by atoms with Crippen LogP contribution in [0.15, 0.2) is 24.1 Å². The summed E-state index contributed by atoms with van der Waals surface area (Å²) in [6.45, 7) is 3.78. The van der Waals surface area contributed by atoms with Crippen LogP contribution in [-0.2, 0) is 0 Å². The van der Waals surface area contributed by atoms with Crippen LogP contribution in [-0.4, -0.2) is 0 Å². The van der Waals surface area contributed by atoms with Gasteiger partial charge in [-0.2, -0.15) is 0 Å². The summed E-state index contributed by atoms with van der Waals surface area (Å²) in [7, 11) is 0. The zero-order chi connectivity index (χ0) is 10.7. The van der Waals surface area contributed by atoms with Crippen LogP contribution in [0.2, 0.25) is 0 Å². The Morgan fingerprint density at radius 1 is 1.40 bits per heavy atom. The van der Waals surface area contributed by atoms with Gasteiger partial charge in [0, 0.05) is 4.88 Å². The molecule has 1 nitrogen and oxygen atoms in total. The van der Waals surface area contributed by atoms with Gasteiger partial charge in [-0.3, -0.25) is 0 Å². The molecule has 0 saturated heterocycles. The highest BCUT2D eigenvalue weighted by molar-refractivity contribution is 7.10. The maximum Gasteiger partial charge on any atom is 0.0575 e. The number of nitrogens with two attached hydrogens (primary N) is 1. The fourth-order valence-corrected chi connectivity index (χ4v) is 3.45. The molecule has 2 heteroatoms. The molecular weight excluding hydrogens is 202 g/mol. The molecule has 1 aromatic heterocycles. The summed E-state index contributed by atoms with van der Waals surface area (Å²) in [5, 5.41) is 2.17. The third-order valence-corrected chi connectivity index (χ3v) is 4.36. The van der Waals surface area contributed by atoms with E-state index in [-0.39, 0.29) is 6.04 Å². The van der Waals surface area contributed by atoms with Gasteiger partial charge in [-0.05, 0) is 35.8 Å². The molecule has 1 unspecified atom stereocenters. The van der Waals surface area contributed by atoms with Crippen molar-refractivity contribution in [3.63, 3.8) is 0 Å². The van der Waals surface area contributed by atoms with E-state index >= 15 is 0 Å². The molecule has 0 spiro atoms. The van der Waals surface area contributed by atoms with Crippen LogP contribution in [0, 0.1) is 0 Å². The minimum atomic E-state index is 0.0296. The van der Waals surface area contributed by atoms with E-state index in [9.17, 15) is 0 Å². The van der Waals surface area contributed by atoms with E-state index < -0.39 is 0 Å². The van der Waals surface area contributed by atoms with E-state index in [1.807, 2.05) is 6.08 Å². The van der Waals surface area contributed by atoms with Gasteiger partial charge in [0.25, 0.3) is 0 Å². The average molecular weight is 221 g/mol. The van der Waals surface area contributed by atoms with Crippen molar-refractivity contribution in [2.24, 2.45) is 5.73 Å². The van der Waals surface area contributed by atoms with Gasteiger partial charge in [-0.25, -0.2) is 0 Å². The summed E-state index contributed by atoms with van der Waals surface area (Å²) in [6.07, 6.45) is 8.69. The molecule has 15 heavy (non-hydrogen) atoms. The van der Waals surface area contributed by atoms with Crippen LogP contribution in [0.4, 0.5) is 0 Å². The third-order valence-electron chi connectivity index (χ3n) is 3.33. The van der Waals surface area contributed by atoms with Crippen molar-refractivity contribution in [2.45, 2.75) is 44.1 Å². The van der Waals surface area contributed by atoms with Gasteiger partial charge in [-0.1, -0.05) is 25.3 Å². The highest BCUT2D eigenvalue weighted by atomic mass is 32.1. The first kappa shape index (κ1) is 10.9. The van der Waals surface area contributed by atoms with Crippen molar-refractivity contribution < 1.29 is 0 Å². The van der Waals surface area contributed by atoms with E-state index in [2.05, 4.69) is 18.0 Å². The summed E-state index contributed by atoms with van der Waals surface area (Å²) in [6, 6.07) is 2.29. The molecule has 0 radical (unpaired) electrons. The molecule has 0 aliphatic heterocycles. The molecule has 0 amide bonds. The Hall–Kier alpha value is -0.600. The number of thiophene rings is 1. The second-order valence-electron chi connectivity index (χ2n) is 4.34. The van der Waals surface area contributed by atoms with Crippen LogP contribution < -0.4 is 5.73 Å². The Bertz CT molecular complexity index is 323. The van der Waals surface area contributed by atoms with Gasteiger partial charge in [0.15, 0.2) is 0 Å². The SMILES string of the molecule is C=CC(N)c1sccc1C1CCCCC1. The van der Waals surface area contributed by atoms with Crippen molar-refractivity contribution >= 4 is 11.3 Å². The topological polar surface area (TPSA) is 26.0 Å². The molecule has 1 atom stereocenters. The molecule has 1 heterocycles. The van der Waals surface area contributed by atoms with E-state index in [0.717, 1.165) is 5.92 Å². The largest absolute Gasteiger partial charge is 0.320 e. The van der Waals surface area contributed by atoms with E-state index in [4.69, 9.17) is 5.73 Å². The van der Waals surface area contributed by atoms with E-state index in [0.29, 0.717) is 0 Å². The summed E-state index contributed by atoms with van der Waals surface area (Å²) in [5.41, 5.74) is 7.53. The predicted molar refractivity (Wildman–Crippen MR) is 67.3 cm³/mol. The first-order chi connectivity index (χ1) is 7.33. The van der Waals surface area contributed by atoms with Gasteiger partial charge in [0.2, 0.25) is 0 Å². The highest BCUT2D eigenvalue weighted by Crippen LogP contribution is 2.38. The molecule has 1 aromatic rings. The monoisotopic (exact) mass is 221 g/mol. The number of hydrogen-bond donors (Lipinski definition) is 1. The van der Waals surface area contributed by atoms with Crippen molar-refractivity contribution in [1.29, 1.82) is 0 Å². The molecular formula is C13H19NS. The molecule has 1 fully saturated rings. The minimum Gasteiger partial charge on any atom is -0.320 e. The Morgan fingerprint density at radius 3 is 2.80 bits per heavy atom. The maximum atomic E-state index is 6.04. The first-order valence-corrected chi connectivity index (χ1v) is 6.66. The van der Waals surface area contributed by atoms with Gasteiger partial charge in [0.05, 0.1) is 6.04 Å². The third kappa shape index (κ3) is 2.32. The maximum absolute atomic E-state index is 6.04. The Kier molecular flexibility index (Phi) is 3.60. The normalized spacial score (nSPS) is 20.1. The second-order valence-corrected chi connectivity index (χ2v) is 5.28. The number of hydrogen-bond acceptors (Lipinski definition) is 2. The lowest BCUT2D eigenvalue weighted by atomic mass is 9.83. The van der Waals surface area contributed by atoms with E-state index in [1.54, 1.807) is 11.3 Å². The smallest absolute Gasteiger partial charge is 0.0575 e. The fraction of sp³-hybridized carbons (Fsp3) is 0.538. The standard InChI is InChI=1S/C13H19NS/c1-2-12(14)13-11(8-9-15-13)10-6-4-3-5-7-10/h2,8-10,12H,1,3-7,14H2. The molecule has 1 aliphatic carbocycles. The quantitative estimate of drug-likeness (QED) is 0.768. The summed E-state index contributed by atoms with van der Waals surface area (Å²) < 4.78 is 0. The van der Waals surface area contributed by atoms with Crippen LogP contribution in [0.3, 0.4) is 0 Å². The Labute approximate surface area is 96.0 Å². The first-order valence-electron chi connectivity index (χ1n) is 5.78. The van der Waals surface area contributed by atoms with Crippen molar-refractivity contribution in [3.8, 4) is 0 Å². The van der Waals surface area contributed by atoms with Gasteiger partial charge >= 0.3 is 0 Å². The molecule has 82 valence electrons. The fourth-order valence-electron chi connectivity index (χ4n) is 2.46. The van der Waals surface area contributed by atoms with Crippen LogP contribution in [0.25, 0.3) is 0 Å². The summed E-state index contributed by atoms with van der Waals surface area (Å²) >= 11 is 1.78. The molecule has 1 saturated carbocycles. The zero-order valence-electron chi connectivity index (χ0n) is 9.11. The van der Waals surface area contributed by atoms with Gasteiger partial charge in [-0.15, -0.1) is 17.9 Å². The highest BCUT2D eigenvalue weighted by Gasteiger charge is 2.20. The zero-order valence-corrected chi connectivity index (χ0v) is 9.93. The van der Waals surface area contributed by atoms with Crippen LogP contribution in [0.1, 0.15) is 54.5 Å². The van der Waals surface area contributed by atoms with Crippen molar-refractivity contribution in [3.05, 3.63) is 34.5 Å². The second kappa shape index (κ2) is 4.95. The predicted octanol–water partition coefficient (Wildman–Crippen LogP) is 3.98. The lowest BCUT2D eigenvalue weighted by molar-refractivity contribution is 0.442. The molecule has 2 N–H and O–H groups in total. The summed E-state index contributed by atoms with van der Waals surface area (Å²) in [4.78, 5) is 1.33.